The minimum atomic E-state index is -0.422. The molecule has 0 spiro atoms. The smallest absolute Gasteiger partial charge is 0.264 e. The van der Waals surface area contributed by atoms with Crippen LogP contribution in [-0.4, -0.2) is 43.9 Å². The molecule has 25 heavy (non-hydrogen) atoms. The summed E-state index contributed by atoms with van der Waals surface area (Å²) in [6.07, 6.45) is 3.38. The van der Waals surface area contributed by atoms with Crippen molar-refractivity contribution in [2.75, 3.05) is 6.54 Å². The number of pyridine rings is 1. The molecular weight excluding hydrogens is 338 g/mol. The molecule has 128 valence electrons. The van der Waals surface area contributed by atoms with Gasteiger partial charge in [-0.1, -0.05) is 12.1 Å². The van der Waals surface area contributed by atoms with Gasteiger partial charge in [-0.3, -0.25) is 14.0 Å². The van der Waals surface area contributed by atoms with Crippen molar-refractivity contribution in [3.63, 3.8) is 0 Å². The van der Waals surface area contributed by atoms with E-state index in [-0.39, 0.29) is 18.4 Å². The number of nitrogens with zero attached hydrogens (tertiary/aromatic N) is 4. The number of thiophene rings is 1. The number of fused-ring (bicyclic) bond motifs is 1. The number of carbonyl (C=O) groups excluding carboxylic acids is 2. The van der Waals surface area contributed by atoms with Crippen LogP contribution in [0.1, 0.15) is 28.3 Å². The predicted octanol–water partition coefficient (Wildman–Crippen LogP) is 1.71. The van der Waals surface area contributed by atoms with Crippen LogP contribution in [0.5, 0.6) is 0 Å². The SMILES string of the molecule is O=C(NCc1nnc2ccccn12)[C@@H]1CCCN1C(=O)c1cccs1. The van der Waals surface area contributed by atoms with Crippen LogP contribution < -0.4 is 5.32 Å². The van der Waals surface area contributed by atoms with Gasteiger partial charge >= 0.3 is 0 Å². The lowest BCUT2D eigenvalue weighted by molar-refractivity contribution is -0.125. The molecule has 0 unspecified atom stereocenters. The second-order valence-corrected chi connectivity index (χ2v) is 6.84. The first-order valence-electron chi connectivity index (χ1n) is 8.15. The average Bonchev–Trinajstić information content (AvgIpc) is 3.39. The molecule has 0 aliphatic carbocycles. The zero-order valence-electron chi connectivity index (χ0n) is 13.5. The molecule has 0 radical (unpaired) electrons. The summed E-state index contributed by atoms with van der Waals surface area (Å²) >= 11 is 1.40. The quantitative estimate of drug-likeness (QED) is 0.773. The van der Waals surface area contributed by atoms with Gasteiger partial charge in [0, 0.05) is 12.7 Å². The molecule has 4 rings (SSSR count). The van der Waals surface area contributed by atoms with Crippen LogP contribution in [0.25, 0.3) is 5.65 Å². The Morgan fingerprint density at radius 2 is 2.16 bits per heavy atom. The molecule has 2 amide bonds. The van der Waals surface area contributed by atoms with Gasteiger partial charge in [-0.05, 0) is 36.4 Å². The van der Waals surface area contributed by atoms with E-state index in [0.29, 0.717) is 23.7 Å². The largest absolute Gasteiger partial charge is 0.347 e. The van der Waals surface area contributed by atoms with Crippen molar-refractivity contribution in [2.45, 2.75) is 25.4 Å². The zero-order chi connectivity index (χ0) is 17.2. The maximum Gasteiger partial charge on any atom is 0.264 e. The first-order valence-corrected chi connectivity index (χ1v) is 9.03. The Kier molecular flexibility index (Phi) is 4.19. The van der Waals surface area contributed by atoms with E-state index in [1.807, 2.05) is 40.2 Å². The number of rotatable bonds is 4. The highest BCUT2D eigenvalue weighted by Crippen LogP contribution is 2.22. The van der Waals surface area contributed by atoms with Gasteiger partial charge < -0.3 is 10.2 Å². The van der Waals surface area contributed by atoms with Gasteiger partial charge in [-0.15, -0.1) is 21.5 Å². The van der Waals surface area contributed by atoms with E-state index in [9.17, 15) is 9.59 Å². The van der Waals surface area contributed by atoms with Crippen LogP contribution >= 0.6 is 11.3 Å². The molecule has 1 atom stereocenters. The molecule has 8 heteroatoms. The van der Waals surface area contributed by atoms with Gasteiger partial charge in [0.05, 0.1) is 11.4 Å². The molecule has 1 aliphatic heterocycles. The topological polar surface area (TPSA) is 79.6 Å². The third-order valence-corrected chi connectivity index (χ3v) is 5.21. The molecule has 4 heterocycles. The van der Waals surface area contributed by atoms with Crippen LogP contribution in [0.15, 0.2) is 41.9 Å². The summed E-state index contributed by atoms with van der Waals surface area (Å²) in [6, 6.07) is 8.85. The van der Waals surface area contributed by atoms with Gasteiger partial charge in [-0.25, -0.2) is 0 Å². The zero-order valence-corrected chi connectivity index (χ0v) is 14.3. The van der Waals surface area contributed by atoms with Gasteiger partial charge in [0.15, 0.2) is 11.5 Å². The molecule has 1 N–H and O–H groups in total. The van der Waals surface area contributed by atoms with Crippen LogP contribution in [0.2, 0.25) is 0 Å². The lowest BCUT2D eigenvalue weighted by atomic mass is 10.2. The Hall–Kier alpha value is -2.74. The summed E-state index contributed by atoms with van der Waals surface area (Å²) < 4.78 is 1.84. The molecule has 1 saturated heterocycles. The fraction of sp³-hybridized carbons (Fsp3) is 0.294. The van der Waals surface area contributed by atoms with E-state index < -0.39 is 6.04 Å². The summed E-state index contributed by atoms with van der Waals surface area (Å²) in [4.78, 5) is 27.5. The highest BCUT2D eigenvalue weighted by Gasteiger charge is 2.34. The molecular formula is C17H17N5O2S. The Morgan fingerprint density at radius 1 is 1.24 bits per heavy atom. The summed E-state index contributed by atoms with van der Waals surface area (Å²) in [7, 11) is 0. The maximum absolute atomic E-state index is 12.6. The Labute approximate surface area is 148 Å². The summed E-state index contributed by atoms with van der Waals surface area (Å²) in [5.41, 5.74) is 0.738. The van der Waals surface area contributed by atoms with Crippen LogP contribution in [0, 0.1) is 0 Å². The summed E-state index contributed by atoms with van der Waals surface area (Å²) in [5, 5.41) is 12.9. The molecule has 0 saturated carbocycles. The number of aromatic nitrogens is 3. The molecule has 0 bridgehead atoms. The third-order valence-electron chi connectivity index (χ3n) is 4.35. The predicted molar refractivity (Wildman–Crippen MR) is 93.2 cm³/mol. The van der Waals surface area contributed by atoms with Crippen molar-refractivity contribution >= 4 is 28.8 Å². The first-order chi connectivity index (χ1) is 12.2. The summed E-state index contributed by atoms with van der Waals surface area (Å²) in [5.74, 6) is 0.453. The van der Waals surface area contributed by atoms with Crippen LogP contribution in [-0.2, 0) is 11.3 Å². The Bertz CT molecular complexity index is 905. The summed E-state index contributed by atoms with van der Waals surface area (Å²) in [6.45, 7) is 0.893. The van der Waals surface area contributed by atoms with Gasteiger partial charge in [-0.2, -0.15) is 0 Å². The van der Waals surface area contributed by atoms with E-state index in [0.717, 1.165) is 12.1 Å². The molecule has 7 nitrogen and oxygen atoms in total. The van der Waals surface area contributed by atoms with Gasteiger partial charge in [0.2, 0.25) is 5.91 Å². The van der Waals surface area contributed by atoms with Crippen molar-refractivity contribution < 1.29 is 9.59 Å². The number of hydrogen-bond donors (Lipinski definition) is 1. The fourth-order valence-electron chi connectivity index (χ4n) is 3.12. The molecule has 0 aromatic carbocycles. The van der Waals surface area contributed by atoms with Crippen molar-refractivity contribution in [3.05, 3.63) is 52.6 Å². The van der Waals surface area contributed by atoms with Crippen molar-refractivity contribution in [1.29, 1.82) is 0 Å². The van der Waals surface area contributed by atoms with Crippen molar-refractivity contribution in [1.82, 2.24) is 24.8 Å². The van der Waals surface area contributed by atoms with Gasteiger partial charge in [0.1, 0.15) is 6.04 Å². The molecule has 1 aliphatic rings. The molecule has 3 aromatic rings. The number of amides is 2. The standard InChI is InChI=1S/C17H17N5O2S/c23-16(18-11-15-20-19-14-7-1-2-8-22(14)15)12-5-3-9-21(12)17(24)13-6-4-10-25-13/h1-2,4,6-8,10,12H,3,5,9,11H2,(H,18,23)/t12-/m0/s1. The number of hydrogen-bond acceptors (Lipinski definition) is 5. The number of likely N-dealkylation sites (tertiary alicyclic amines) is 1. The molecule has 3 aromatic heterocycles. The second kappa shape index (κ2) is 6.64. The number of nitrogens with one attached hydrogen (secondary N) is 1. The lowest BCUT2D eigenvalue weighted by Crippen LogP contribution is -2.45. The van der Waals surface area contributed by atoms with E-state index in [1.54, 1.807) is 11.0 Å². The third kappa shape index (κ3) is 3.00. The van der Waals surface area contributed by atoms with Gasteiger partial charge in [0.25, 0.3) is 5.91 Å². The van der Waals surface area contributed by atoms with Crippen molar-refractivity contribution in [3.8, 4) is 0 Å². The number of carbonyl (C=O) groups is 2. The maximum atomic E-state index is 12.6. The lowest BCUT2D eigenvalue weighted by Gasteiger charge is -2.23. The minimum absolute atomic E-state index is 0.0689. The Balaban J connectivity index is 1.44. The second-order valence-electron chi connectivity index (χ2n) is 5.90. The Morgan fingerprint density at radius 3 is 3.00 bits per heavy atom. The highest BCUT2D eigenvalue weighted by atomic mass is 32.1. The minimum Gasteiger partial charge on any atom is -0.347 e. The van der Waals surface area contributed by atoms with E-state index in [1.165, 1.54) is 11.3 Å². The van der Waals surface area contributed by atoms with Crippen LogP contribution in [0.4, 0.5) is 0 Å². The highest BCUT2D eigenvalue weighted by molar-refractivity contribution is 7.12. The normalized spacial score (nSPS) is 17.1. The van der Waals surface area contributed by atoms with Crippen LogP contribution in [0.3, 0.4) is 0 Å². The van der Waals surface area contributed by atoms with E-state index in [4.69, 9.17) is 0 Å². The van der Waals surface area contributed by atoms with E-state index in [2.05, 4.69) is 15.5 Å². The monoisotopic (exact) mass is 355 g/mol. The molecule has 1 fully saturated rings. The first kappa shape index (κ1) is 15.8. The van der Waals surface area contributed by atoms with E-state index >= 15 is 0 Å². The fourth-order valence-corrected chi connectivity index (χ4v) is 3.80. The average molecular weight is 355 g/mol. The van der Waals surface area contributed by atoms with Crippen molar-refractivity contribution in [2.24, 2.45) is 0 Å².